The molecule has 3 N–H and O–H groups in total. The highest BCUT2D eigenvalue weighted by molar-refractivity contribution is 7.97. The number of benzene rings is 2. The lowest BCUT2D eigenvalue weighted by molar-refractivity contribution is 0.170. The van der Waals surface area contributed by atoms with E-state index in [2.05, 4.69) is 53.3 Å². The number of ether oxygens (including phenoxy) is 1. The predicted octanol–water partition coefficient (Wildman–Crippen LogP) is 7.14. The van der Waals surface area contributed by atoms with Gasteiger partial charge >= 0.3 is 6.09 Å². The number of aliphatic hydroxyl groups is 2. The molecule has 0 aliphatic heterocycles. The lowest BCUT2D eigenvalue weighted by atomic mass is 10.1. The van der Waals surface area contributed by atoms with Crippen molar-refractivity contribution in [2.24, 2.45) is 5.92 Å². The number of aliphatic hydroxyl groups excluding tert-OH is 2. The normalized spacial score (nSPS) is 11.9. The van der Waals surface area contributed by atoms with Gasteiger partial charge in [-0.05, 0) is 68.3 Å². The Balaban J connectivity index is 0.000000728. The summed E-state index contributed by atoms with van der Waals surface area (Å²) in [6.45, 7) is 12.9. The van der Waals surface area contributed by atoms with Crippen LogP contribution < -0.4 is 5.32 Å². The van der Waals surface area contributed by atoms with Gasteiger partial charge in [0, 0.05) is 31.1 Å². The topological polar surface area (TPSA) is 82.0 Å². The van der Waals surface area contributed by atoms with Crippen molar-refractivity contribution in [1.82, 2.24) is 9.62 Å². The molecule has 0 spiro atoms. The second-order valence-corrected chi connectivity index (χ2v) is 10.8. The van der Waals surface area contributed by atoms with Gasteiger partial charge in [-0.2, -0.15) is 0 Å². The summed E-state index contributed by atoms with van der Waals surface area (Å²) in [5, 5.41) is 19.7. The van der Waals surface area contributed by atoms with Gasteiger partial charge in [0.1, 0.15) is 0 Å². The monoisotopic (exact) mass is 548 g/mol. The number of nitrogens with zero attached hydrogens (tertiary/aromatic N) is 1. The molecule has 3 rings (SSSR count). The van der Waals surface area contributed by atoms with Crippen molar-refractivity contribution < 1.29 is 19.7 Å². The van der Waals surface area contributed by atoms with E-state index >= 15 is 0 Å². The summed E-state index contributed by atoms with van der Waals surface area (Å²) in [4.78, 5) is 12.2. The lowest BCUT2D eigenvalue weighted by Crippen LogP contribution is -2.28. The number of carbonyl (C=O) groups is 1. The third-order valence-electron chi connectivity index (χ3n) is 5.52. The number of amides is 1. The Bertz CT molecular complexity index is 822. The largest absolute Gasteiger partial charge is 0.453 e. The molecule has 0 heterocycles. The van der Waals surface area contributed by atoms with E-state index in [1.165, 1.54) is 44.8 Å². The molecule has 38 heavy (non-hydrogen) atoms. The predicted molar refractivity (Wildman–Crippen MR) is 161 cm³/mol. The van der Waals surface area contributed by atoms with Crippen LogP contribution in [-0.4, -0.2) is 54.0 Å². The Morgan fingerprint density at radius 2 is 1.61 bits per heavy atom. The molecule has 1 amide bonds. The second kappa shape index (κ2) is 24.0. The number of nitrogens with one attached hydrogen (secondary N) is 1. The van der Waals surface area contributed by atoms with Crippen molar-refractivity contribution in [3.63, 3.8) is 0 Å². The highest BCUT2D eigenvalue weighted by atomic mass is 32.2. The number of methoxy groups -OCH3 is 1. The molecule has 1 saturated carbocycles. The minimum atomic E-state index is -0.390. The molecule has 7 heteroatoms. The van der Waals surface area contributed by atoms with Crippen LogP contribution in [0.3, 0.4) is 0 Å². The van der Waals surface area contributed by atoms with E-state index < -0.39 is 0 Å². The van der Waals surface area contributed by atoms with Crippen LogP contribution in [0.25, 0.3) is 0 Å². The van der Waals surface area contributed by atoms with Crippen LogP contribution in [0.4, 0.5) is 4.79 Å². The summed E-state index contributed by atoms with van der Waals surface area (Å²) < 4.78 is 6.86. The Kier molecular flexibility index (Phi) is 22.7. The number of aryl methyl sites for hydroxylation is 2. The Morgan fingerprint density at radius 1 is 1.03 bits per heavy atom. The highest BCUT2D eigenvalue weighted by Gasteiger charge is 2.11. The maximum absolute atomic E-state index is 11.1. The number of hydrogen-bond acceptors (Lipinski definition) is 6. The van der Waals surface area contributed by atoms with Crippen LogP contribution in [0.1, 0.15) is 76.0 Å². The maximum Gasteiger partial charge on any atom is 0.406 e. The fraction of sp³-hybridized carbons (Fsp3) is 0.581. The van der Waals surface area contributed by atoms with Crippen molar-refractivity contribution in [3.8, 4) is 0 Å². The standard InChI is InChI=1S/C17H28N2O3S.C7H8.C5H10.C2H6O/c1-13(2)11-19(9-5-8-18-17(21)22-4)23-16-7-6-14(3)15(10-16)12-20;1-7-5-3-2-4-6-7;1-2-4-5-3-1;1-2-3/h6-7,10,13,20H,5,8-9,11-12H2,1-4H3,(H,18,21);2-6H,1H3;1-5H2;3H,2H2,1H3. The van der Waals surface area contributed by atoms with Gasteiger partial charge in [0.05, 0.1) is 13.7 Å². The van der Waals surface area contributed by atoms with Gasteiger partial charge in [0.25, 0.3) is 0 Å². The molecule has 1 aliphatic rings. The minimum Gasteiger partial charge on any atom is -0.453 e. The van der Waals surface area contributed by atoms with Gasteiger partial charge in [-0.15, -0.1) is 0 Å². The van der Waals surface area contributed by atoms with Crippen molar-refractivity contribution in [2.45, 2.75) is 84.6 Å². The molecule has 0 unspecified atom stereocenters. The van der Waals surface area contributed by atoms with Crippen LogP contribution in [0, 0.1) is 19.8 Å². The first-order valence-corrected chi connectivity index (χ1v) is 14.6. The highest BCUT2D eigenvalue weighted by Crippen LogP contribution is 2.26. The number of alkyl carbamates (subject to hydrolysis) is 1. The molecule has 0 saturated heterocycles. The van der Waals surface area contributed by atoms with Crippen molar-refractivity contribution in [2.75, 3.05) is 33.4 Å². The first kappa shape index (κ1) is 35.9. The third kappa shape index (κ3) is 20.0. The minimum absolute atomic E-state index is 0.0630. The number of carbonyl (C=O) groups excluding carboxylic acids is 1. The van der Waals surface area contributed by atoms with E-state index in [0.29, 0.717) is 12.5 Å². The summed E-state index contributed by atoms with van der Waals surface area (Å²) in [7, 11) is 1.37. The number of hydrogen-bond donors (Lipinski definition) is 3. The third-order valence-corrected chi connectivity index (χ3v) is 6.58. The first-order valence-electron chi connectivity index (χ1n) is 13.8. The molecular weight excluding hydrogens is 496 g/mol. The Labute approximate surface area is 236 Å². The molecule has 2 aromatic rings. The summed E-state index contributed by atoms with van der Waals surface area (Å²) in [6, 6.07) is 16.4. The fourth-order valence-corrected chi connectivity index (χ4v) is 4.76. The molecule has 1 fully saturated rings. The summed E-state index contributed by atoms with van der Waals surface area (Å²) in [5.41, 5.74) is 3.39. The Hall–Kier alpha value is -2.06. The zero-order valence-electron chi connectivity index (χ0n) is 24.5. The van der Waals surface area contributed by atoms with Gasteiger partial charge in [-0.1, -0.05) is 87.9 Å². The number of rotatable bonds is 9. The van der Waals surface area contributed by atoms with Gasteiger partial charge in [0.2, 0.25) is 0 Å². The zero-order chi connectivity index (χ0) is 28.6. The molecule has 0 atom stereocenters. The fourth-order valence-electron chi connectivity index (χ4n) is 3.54. The first-order chi connectivity index (χ1) is 18.3. The summed E-state index contributed by atoms with van der Waals surface area (Å²) >= 11 is 1.70. The van der Waals surface area contributed by atoms with E-state index in [4.69, 9.17) is 5.11 Å². The molecule has 2 aromatic carbocycles. The second-order valence-electron chi connectivity index (χ2n) is 9.63. The quantitative estimate of drug-likeness (QED) is 0.228. The van der Waals surface area contributed by atoms with Crippen molar-refractivity contribution in [3.05, 3.63) is 65.2 Å². The molecule has 216 valence electrons. The average molecular weight is 549 g/mol. The van der Waals surface area contributed by atoms with E-state index in [0.717, 1.165) is 35.5 Å². The van der Waals surface area contributed by atoms with Crippen LogP contribution in [0.15, 0.2) is 53.4 Å². The average Bonchev–Trinajstić information content (AvgIpc) is 3.49. The maximum atomic E-state index is 11.1. The van der Waals surface area contributed by atoms with Crippen LogP contribution in [0.5, 0.6) is 0 Å². The Morgan fingerprint density at radius 3 is 2.05 bits per heavy atom. The van der Waals surface area contributed by atoms with Crippen LogP contribution in [-0.2, 0) is 11.3 Å². The molecule has 0 bridgehead atoms. The van der Waals surface area contributed by atoms with E-state index in [1.54, 1.807) is 18.9 Å². The van der Waals surface area contributed by atoms with E-state index in [9.17, 15) is 9.90 Å². The van der Waals surface area contributed by atoms with Crippen molar-refractivity contribution >= 4 is 18.0 Å². The lowest BCUT2D eigenvalue weighted by Gasteiger charge is -2.23. The van der Waals surface area contributed by atoms with Crippen molar-refractivity contribution in [1.29, 1.82) is 0 Å². The summed E-state index contributed by atoms with van der Waals surface area (Å²) in [5.74, 6) is 0.554. The summed E-state index contributed by atoms with van der Waals surface area (Å²) in [6.07, 6.45) is 7.97. The van der Waals surface area contributed by atoms with Crippen LogP contribution >= 0.6 is 11.9 Å². The SMILES string of the molecule is C1CCCC1.CCO.COC(=O)NCCCN(CC(C)C)Sc1ccc(C)c(CO)c1.Cc1ccccc1. The smallest absolute Gasteiger partial charge is 0.406 e. The molecule has 0 aromatic heterocycles. The molecular formula is C31H52N2O4S. The molecule has 1 aliphatic carbocycles. The van der Waals surface area contributed by atoms with Gasteiger partial charge in [-0.25, -0.2) is 9.10 Å². The van der Waals surface area contributed by atoms with Gasteiger partial charge in [-0.3, -0.25) is 0 Å². The van der Waals surface area contributed by atoms with Crippen LogP contribution in [0.2, 0.25) is 0 Å². The van der Waals surface area contributed by atoms with Gasteiger partial charge in [0.15, 0.2) is 0 Å². The van der Waals surface area contributed by atoms with E-state index in [1.807, 2.05) is 37.3 Å². The van der Waals surface area contributed by atoms with E-state index in [-0.39, 0.29) is 19.3 Å². The molecule has 6 nitrogen and oxygen atoms in total. The van der Waals surface area contributed by atoms with Gasteiger partial charge < -0.3 is 20.3 Å². The molecule has 0 radical (unpaired) electrons. The zero-order valence-corrected chi connectivity index (χ0v) is 25.4.